The number of aliphatic hydroxyl groups is 1. The smallest absolute Gasteiger partial charge is 0.236 e. The molecular weight excluding hydrogens is 340 g/mol. The highest BCUT2D eigenvalue weighted by Gasteiger charge is 2.35. The molecule has 2 aliphatic rings. The van der Waals surface area contributed by atoms with Crippen LogP contribution < -0.4 is 4.74 Å². The number of carbonyl (C=O) groups is 1. The van der Waals surface area contributed by atoms with Gasteiger partial charge in [-0.05, 0) is 69.3 Å². The molecule has 2 saturated heterocycles. The summed E-state index contributed by atoms with van der Waals surface area (Å²) in [6, 6.07) is 6.01. The average molecular weight is 375 g/mol. The summed E-state index contributed by atoms with van der Waals surface area (Å²) in [4.78, 5) is 16.8. The molecule has 0 aliphatic carbocycles. The maximum absolute atomic E-state index is 12.7. The Morgan fingerprint density at radius 1 is 1.07 bits per heavy atom. The van der Waals surface area contributed by atoms with Crippen molar-refractivity contribution in [2.45, 2.75) is 58.0 Å². The van der Waals surface area contributed by atoms with Crippen LogP contribution in [0.15, 0.2) is 18.2 Å². The third-order valence-electron chi connectivity index (χ3n) is 5.94. The SMILES string of the molecule is Cc1ccc(OCC2(O)CCCN(CC(=O)N3CCCCCC3)C2)cc1C. The van der Waals surface area contributed by atoms with Gasteiger partial charge in [0.05, 0.1) is 6.54 Å². The van der Waals surface area contributed by atoms with Gasteiger partial charge in [-0.1, -0.05) is 18.9 Å². The van der Waals surface area contributed by atoms with Gasteiger partial charge in [0.2, 0.25) is 5.91 Å². The van der Waals surface area contributed by atoms with Crippen molar-refractivity contribution < 1.29 is 14.6 Å². The van der Waals surface area contributed by atoms with E-state index >= 15 is 0 Å². The standard InChI is InChI=1S/C22H34N2O3/c1-18-8-9-20(14-19(18)2)27-17-22(26)10-7-11-23(16-22)15-21(25)24-12-5-3-4-6-13-24/h8-9,14,26H,3-7,10-13,15-17H2,1-2H3. The number of amides is 1. The molecule has 27 heavy (non-hydrogen) atoms. The van der Waals surface area contributed by atoms with Crippen LogP contribution in [0.25, 0.3) is 0 Å². The van der Waals surface area contributed by atoms with Gasteiger partial charge in [0.1, 0.15) is 18.0 Å². The molecule has 0 bridgehead atoms. The van der Waals surface area contributed by atoms with E-state index < -0.39 is 5.60 Å². The van der Waals surface area contributed by atoms with Crippen molar-refractivity contribution in [3.8, 4) is 5.75 Å². The number of benzene rings is 1. The summed E-state index contributed by atoms with van der Waals surface area (Å²) in [6.45, 7) is 7.94. The third kappa shape index (κ3) is 5.69. The number of nitrogens with zero attached hydrogens (tertiary/aromatic N) is 2. The van der Waals surface area contributed by atoms with Crippen LogP contribution in [-0.2, 0) is 4.79 Å². The number of β-amino-alcohol motifs (C(OH)–C–C–N with tert-alkyl or cyclic N) is 1. The normalized spacial score (nSPS) is 24.5. The zero-order valence-electron chi connectivity index (χ0n) is 16.9. The van der Waals surface area contributed by atoms with Gasteiger partial charge in [0.15, 0.2) is 0 Å². The third-order valence-corrected chi connectivity index (χ3v) is 5.94. The monoisotopic (exact) mass is 374 g/mol. The van der Waals surface area contributed by atoms with Crippen LogP contribution in [0.1, 0.15) is 49.7 Å². The zero-order chi connectivity index (χ0) is 19.3. The first kappa shape index (κ1) is 20.2. The van der Waals surface area contributed by atoms with Gasteiger partial charge in [0, 0.05) is 19.6 Å². The molecule has 150 valence electrons. The van der Waals surface area contributed by atoms with Crippen molar-refractivity contribution in [3.05, 3.63) is 29.3 Å². The molecule has 0 spiro atoms. The minimum absolute atomic E-state index is 0.205. The summed E-state index contributed by atoms with van der Waals surface area (Å²) in [6.07, 6.45) is 6.28. The number of piperidine rings is 1. The molecule has 5 nitrogen and oxygen atoms in total. The van der Waals surface area contributed by atoms with E-state index in [1.165, 1.54) is 24.0 Å². The van der Waals surface area contributed by atoms with Crippen molar-refractivity contribution >= 4 is 5.91 Å². The molecule has 1 aromatic rings. The van der Waals surface area contributed by atoms with Crippen molar-refractivity contribution in [1.82, 2.24) is 9.80 Å². The molecule has 2 fully saturated rings. The van der Waals surface area contributed by atoms with E-state index in [1.807, 2.05) is 23.1 Å². The van der Waals surface area contributed by atoms with Crippen molar-refractivity contribution in [2.24, 2.45) is 0 Å². The highest BCUT2D eigenvalue weighted by molar-refractivity contribution is 5.78. The van der Waals surface area contributed by atoms with Gasteiger partial charge in [-0.3, -0.25) is 9.69 Å². The predicted molar refractivity (Wildman–Crippen MR) is 107 cm³/mol. The lowest BCUT2D eigenvalue weighted by Gasteiger charge is -2.39. The molecule has 3 rings (SSSR count). The Morgan fingerprint density at radius 3 is 2.52 bits per heavy atom. The molecule has 0 saturated carbocycles. The fourth-order valence-corrected chi connectivity index (χ4v) is 4.09. The van der Waals surface area contributed by atoms with Crippen LogP contribution in [-0.4, -0.2) is 65.7 Å². The van der Waals surface area contributed by atoms with Crippen molar-refractivity contribution in [2.75, 3.05) is 39.3 Å². The van der Waals surface area contributed by atoms with Crippen LogP contribution in [0.5, 0.6) is 5.75 Å². The first-order chi connectivity index (χ1) is 13.0. The van der Waals surface area contributed by atoms with Crippen molar-refractivity contribution in [3.63, 3.8) is 0 Å². The van der Waals surface area contributed by atoms with Gasteiger partial charge in [-0.2, -0.15) is 0 Å². The molecule has 2 heterocycles. The van der Waals surface area contributed by atoms with Gasteiger partial charge in [-0.15, -0.1) is 0 Å². The Kier molecular flexibility index (Phi) is 6.77. The molecule has 1 amide bonds. The quantitative estimate of drug-likeness (QED) is 0.861. The molecule has 0 aromatic heterocycles. The Bertz CT molecular complexity index is 640. The predicted octanol–water partition coefficient (Wildman–Crippen LogP) is 2.91. The lowest BCUT2D eigenvalue weighted by molar-refractivity contribution is -0.134. The molecule has 1 atom stereocenters. The molecule has 1 N–H and O–H groups in total. The van der Waals surface area contributed by atoms with Gasteiger partial charge in [-0.25, -0.2) is 0 Å². The summed E-state index contributed by atoms with van der Waals surface area (Å²) >= 11 is 0. The van der Waals surface area contributed by atoms with Crippen LogP contribution in [0.4, 0.5) is 0 Å². The van der Waals surface area contributed by atoms with E-state index in [1.54, 1.807) is 0 Å². The van der Waals surface area contributed by atoms with Crippen LogP contribution in [0.3, 0.4) is 0 Å². The summed E-state index contributed by atoms with van der Waals surface area (Å²) < 4.78 is 5.90. The molecule has 1 unspecified atom stereocenters. The highest BCUT2D eigenvalue weighted by Crippen LogP contribution is 2.24. The minimum atomic E-state index is -0.893. The lowest BCUT2D eigenvalue weighted by atomic mass is 9.93. The Labute approximate surface area is 163 Å². The number of hydrogen-bond acceptors (Lipinski definition) is 4. The largest absolute Gasteiger partial charge is 0.491 e. The number of aryl methyl sites for hydroxylation is 2. The maximum Gasteiger partial charge on any atom is 0.236 e. The van der Waals surface area contributed by atoms with E-state index in [9.17, 15) is 9.90 Å². The highest BCUT2D eigenvalue weighted by atomic mass is 16.5. The summed E-state index contributed by atoms with van der Waals surface area (Å²) in [5.41, 5.74) is 1.53. The second-order valence-corrected chi connectivity index (χ2v) is 8.37. The summed E-state index contributed by atoms with van der Waals surface area (Å²) in [7, 11) is 0. The minimum Gasteiger partial charge on any atom is -0.491 e. The molecule has 0 radical (unpaired) electrons. The topological polar surface area (TPSA) is 53.0 Å². The van der Waals surface area contributed by atoms with E-state index in [2.05, 4.69) is 18.7 Å². The van der Waals surface area contributed by atoms with Crippen LogP contribution in [0, 0.1) is 13.8 Å². The van der Waals surface area contributed by atoms with Gasteiger partial charge >= 0.3 is 0 Å². The van der Waals surface area contributed by atoms with E-state index in [4.69, 9.17) is 4.74 Å². The summed E-state index contributed by atoms with van der Waals surface area (Å²) in [5, 5.41) is 11.0. The number of carbonyl (C=O) groups excluding carboxylic acids is 1. The Morgan fingerprint density at radius 2 is 1.81 bits per heavy atom. The Hall–Kier alpha value is -1.59. The first-order valence-electron chi connectivity index (χ1n) is 10.4. The number of rotatable bonds is 5. The zero-order valence-corrected chi connectivity index (χ0v) is 16.9. The average Bonchev–Trinajstić information content (AvgIpc) is 2.92. The van der Waals surface area contributed by atoms with E-state index in [0.29, 0.717) is 19.5 Å². The van der Waals surface area contributed by atoms with E-state index in [-0.39, 0.29) is 12.5 Å². The number of hydrogen-bond donors (Lipinski definition) is 1. The second-order valence-electron chi connectivity index (χ2n) is 8.37. The fraction of sp³-hybridized carbons (Fsp3) is 0.682. The maximum atomic E-state index is 12.7. The first-order valence-corrected chi connectivity index (χ1v) is 10.4. The molecule has 1 aromatic carbocycles. The number of ether oxygens (including phenoxy) is 1. The van der Waals surface area contributed by atoms with Crippen molar-refractivity contribution in [1.29, 1.82) is 0 Å². The van der Waals surface area contributed by atoms with Crippen LogP contribution in [0.2, 0.25) is 0 Å². The summed E-state index contributed by atoms with van der Waals surface area (Å²) in [5.74, 6) is 1.00. The second kappa shape index (κ2) is 9.07. The fourth-order valence-electron chi connectivity index (χ4n) is 4.09. The van der Waals surface area contributed by atoms with Crippen LogP contribution >= 0.6 is 0 Å². The van der Waals surface area contributed by atoms with Gasteiger partial charge in [0.25, 0.3) is 0 Å². The van der Waals surface area contributed by atoms with E-state index in [0.717, 1.165) is 44.6 Å². The molecule has 2 aliphatic heterocycles. The molecular formula is C22H34N2O3. The van der Waals surface area contributed by atoms with Gasteiger partial charge < -0.3 is 14.7 Å². The molecule has 5 heteroatoms. The Balaban J connectivity index is 1.52. The number of likely N-dealkylation sites (tertiary alicyclic amines) is 2. The lowest BCUT2D eigenvalue weighted by Crippen LogP contribution is -2.54.